The highest BCUT2D eigenvalue weighted by Crippen LogP contribution is 2.21. The number of ether oxygens (including phenoxy) is 1. The van der Waals surface area contributed by atoms with Gasteiger partial charge in [-0.1, -0.05) is 17.2 Å². The van der Waals surface area contributed by atoms with Gasteiger partial charge >= 0.3 is 6.01 Å². The predicted octanol–water partition coefficient (Wildman–Crippen LogP) is 1.28. The van der Waals surface area contributed by atoms with Crippen molar-refractivity contribution in [1.29, 1.82) is 0 Å². The monoisotopic (exact) mass is 230 g/mol. The summed E-state index contributed by atoms with van der Waals surface area (Å²) in [5.74, 6) is 0. The fraction of sp³-hybridized carbons (Fsp3) is 0.417. The Kier molecular flexibility index (Phi) is 2.60. The third-order valence-corrected chi connectivity index (χ3v) is 3.04. The Morgan fingerprint density at radius 3 is 2.71 bits per heavy atom. The van der Waals surface area contributed by atoms with Crippen molar-refractivity contribution in [3.8, 4) is 6.01 Å². The van der Waals surface area contributed by atoms with Crippen LogP contribution < -0.4 is 10.5 Å². The quantitative estimate of drug-likeness (QED) is 0.841. The van der Waals surface area contributed by atoms with Crippen LogP contribution in [0.15, 0.2) is 24.3 Å². The molecule has 17 heavy (non-hydrogen) atoms. The van der Waals surface area contributed by atoms with E-state index in [1.54, 1.807) is 0 Å². The lowest BCUT2D eigenvalue weighted by molar-refractivity contribution is 0.189. The molecule has 88 valence electrons. The van der Waals surface area contributed by atoms with Crippen LogP contribution in [-0.4, -0.2) is 27.3 Å². The Balaban J connectivity index is 1.81. The molecular weight excluding hydrogens is 216 g/mol. The van der Waals surface area contributed by atoms with Crippen LogP contribution in [0.5, 0.6) is 6.01 Å². The van der Waals surface area contributed by atoms with Crippen molar-refractivity contribution in [3.63, 3.8) is 0 Å². The molecule has 0 spiro atoms. The van der Waals surface area contributed by atoms with Crippen molar-refractivity contribution in [2.24, 2.45) is 5.73 Å². The zero-order valence-electron chi connectivity index (χ0n) is 9.41. The second-order valence-corrected chi connectivity index (χ2v) is 4.40. The van der Waals surface area contributed by atoms with Gasteiger partial charge in [0, 0.05) is 6.04 Å². The Morgan fingerprint density at radius 1 is 1.12 bits per heavy atom. The van der Waals surface area contributed by atoms with Crippen molar-refractivity contribution in [2.75, 3.05) is 0 Å². The number of benzene rings is 1. The molecule has 1 fully saturated rings. The van der Waals surface area contributed by atoms with Gasteiger partial charge in [0.2, 0.25) is 0 Å². The van der Waals surface area contributed by atoms with Crippen molar-refractivity contribution in [3.05, 3.63) is 24.3 Å². The van der Waals surface area contributed by atoms with E-state index in [-0.39, 0.29) is 12.1 Å². The third-order valence-electron chi connectivity index (χ3n) is 3.04. The number of hydrogen-bond donors (Lipinski definition) is 1. The fourth-order valence-electron chi connectivity index (χ4n) is 2.14. The number of hydrogen-bond acceptors (Lipinski definition) is 5. The van der Waals surface area contributed by atoms with Crippen molar-refractivity contribution in [1.82, 2.24) is 15.2 Å². The summed E-state index contributed by atoms with van der Waals surface area (Å²) in [5.41, 5.74) is 7.42. The van der Waals surface area contributed by atoms with Gasteiger partial charge in [-0.15, -0.1) is 5.10 Å². The number of rotatable bonds is 2. The van der Waals surface area contributed by atoms with E-state index in [0.717, 1.165) is 30.3 Å². The molecule has 1 aliphatic rings. The molecule has 1 heterocycles. The van der Waals surface area contributed by atoms with E-state index in [0.29, 0.717) is 6.01 Å². The average Bonchev–Trinajstić information content (AvgIpc) is 2.75. The molecule has 5 heteroatoms. The minimum absolute atomic E-state index is 0.132. The molecule has 0 saturated heterocycles. The summed E-state index contributed by atoms with van der Waals surface area (Å²) in [6.45, 7) is 0. The molecule has 0 aliphatic heterocycles. The van der Waals surface area contributed by atoms with E-state index in [9.17, 15) is 0 Å². The summed E-state index contributed by atoms with van der Waals surface area (Å²) < 4.78 is 5.69. The first-order valence-electron chi connectivity index (χ1n) is 5.83. The maximum Gasteiger partial charge on any atom is 0.336 e. The summed E-state index contributed by atoms with van der Waals surface area (Å²) in [5, 5.41) is 8.04. The van der Waals surface area contributed by atoms with Gasteiger partial charge in [-0.2, -0.15) is 4.98 Å². The maximum absolute atomic E-state index is 5.83. The van der Waals surface area contributed by atoms with E-state index < -0.39 is 0 Å². The first kappa shape index (κ1) is 10.4. The van der Waals surface area contributed by atoms with Gasteiger partial charge in [0.05, 0.1) is 5.52 Å². The molecule has 0 bridgehead atoms. The number of fused-ring (bicyclic) bond motifs is 1. The minimum Gasteiger partial charge on any atom is -0.459 e. The molecule has 2 aromatic rings. The van der Waals surface area contributed by atoms with Crippen LogP contribution >= 0.6 is 0 Å². The number of nitrogens with zero attached hydrogens (tertiary/aromatic N) is 3. The molecule has 0 radical (unpaired) electrons. The summed E-state index contributed by atoms with van der Waals surface area (Å²) in [6, 6.07) is 8.21. The van der Waals surface area contributed by atoms with Crippen LogP contribution in [0.3, 0.4) is 0 Å². The lowest BCUT2D eigenvalue weighted by atomic mass is 10.3. The van der Waals surface area contributed by atoms with Gasteiger partial charge in [0.25, 0.3) is 0 Å². The zero-order valence-corrected chi connectivity index (χ0v) is 9.41. The van der Waals surface area contributed by atoms with Crippen molar-refractivity contribution < 1.29 is 4.74 Å². The van der Waals surface area contributed by atoms with Crippen LogP contribution in [0.2, 0.25) is 0 Å². The normalized spacial score (nSPS) is 24.1. The highest BCUT2D eigenvalue weighted by molar-refractivity contribution is 5.73. The Hall–Kier alpha value is -1.75. The maximum atomic E-state index is 5.83. The largest absolute Gasteiger partial charge is 0.459 e. The van der Waals surface area contributed by atoms with E-state index >= 15 is 0 Å². The van der Waals surface area contributed by atoms with E-state index in [1.807, 2.05) is 24.3 Å². The molecule has 1 aliphatic carbocycles. The zero-order chi connectivity index (χ0) is 11.7. The molecule has 1 aromatic heterocycles. The van der Waals surface area contributed by atoms with Gasteiger partial charge in [-0.25, -0.2) is 0 Å². The van der Waals surface area contributed by atoms with E-state index in [4.69, 9.17) is 10.5 Å². The number of para-hydroxylation sites is 1. The van der Waals surface area contributed by atoms with E-state index in [1.165, 1.54) is 0 Å². The second kappa shape index (κ2) is 4.25. The SMILES string of the molecule is NC1CCC(Oc2nnc3ccccc3n2)C1. The first-order chi connectivity index (χ1) is 8.31. The third kappa shape index (κ3) is 2.19. The van der Waals surface area contributed by atoms with Crippen LogP contribution in [0.4, 0.5) is 0 Å². The van der Waals surface area contributed by atoms with Gasteiger partial charge in [0.1, 0.15) is 11.6 Å². The van der Waals surface area contributed by atoms with Gasteiger partial charge in [-0.3, -0.25) is 0 Å². The Labute approximate surface area is 99.0 Å². The summed E-state index contributed by atoms with van der Waals surface area (Å²) in [4.78, 5) is 4.33. The molecular formula is C12H14N4O. The van der Waals surface area contributed by atoms with Crippen molar-refractivity contribution in [2.45, 2.75) is 31.4 Å². The predicted molar refractivity (Wildman–Crippen MR) is 63.6 cm³/mol. The van der Waals surface area contributed by atoms with Crippen molar-refractivity contribution >= 4 is 11.0 Å². The van der Waals surface area contributed by atoms with Crippen LogP contribution in [-0.2, 0) is 0 Å². The molecule has 2 atom stereocenters. The summed E-state index contributed by atoms with van der Waals surface area (Å²) >= 11 is 0. The molecule has 5 nitrogen and oxygen atoms in total. The smallest absolute Gasteiger partial charge is 0.336 e. The van der Waals surface area contributed by atoms with E-state index in [2.05, 4.69) is 15.2 Å². The Bertz CT molecular complexity index is 531. The lowest BCUT2D eigenvalue weighted by Gasteiger charge is -2.10. The van der Waals surface area contributed by atoms with Gasteiger partial charge in [-0.05, 0) is 31.4 Å². The second-order valence-electron chi connectivity index (χ2n) is 4.40. The molecule has 1 saturated carbocycles. The van der Waals surface area contributed by atoms with Crippen LogP contribution in [0.25, 0.3) is 11.0 Å². The number of nitrogens with two attached hydrogens (primary N) is 1. The Morgan fingerprint density at radius 2 is 1.94 bits per heavy atom. The highest BCUT2D eigenvalue weighted by Gasteiger charge is 2.24. The topological polar surface area (TPSA) is 73.9 Å². The van der Waals surface area contributed by atoms with Crippen LogP contribution in [0, 0.1) is 0 Å². The molecule has 0 amide bonds. The molecule has 1 aromatic carbocycles. The van der Waals surface area contributed by atoms with Crippen LogP contribution in [0.1, 0.15) is 19.3 Å². The fourth-order valence-corrected chi connectivity index (χ4v) is 2.14. The first-order valence-corrected chi connectivity index (χ1v) is 5.83. The summed E-state index contributed by atoms with van der Waals surface area (Å²) in [7, 11) is 0. The standard InChI is InChI=1S/C12H14N4O/c13-8-5-6-9(7-8)17-12-14-10-3-1-2-4-11(10)15-16-12/h1-4,8-9H,5-7,13H2. The van der Waals surface area contributed by atoms with Gasteiger partial charge < -0.3 is 10.5 Å². The summed E-state index contributed by atoms with van der Waals surface area (Å²) in [6.07, 6.45) is 2.98. The molecule has 2 unspecified atom stereocenters. The average molecular weight is 230 g/mol. The van der Waals surface area contributed by atoms with Gasteiger partial charge in [0.15, 0.2) is 0 Å². The lowest BCUT2D eigenvalue weighted by Crippen LogP contribution is -2.19. The number of aromatic nitrogens is 3. The molecule has 2 N–H and O–H groups in total. The molecule has 3 rings (SSSR count). The minimum atomic E-state index is 0.132. The highest BCUT2D eigenvalue weighted by atomic mass is 16.5.